The molecule has 4 heterocycles. The average Bonchev–Trinajstić information content (AvgIpc) is 3.46. The van der Waals surface area contributed by atoms with Crippen molar-refractivity contribution < 1.29 is 13.2 Å². The third kappa shape index (κ3) is 3.88. The first-order valence-electron chi connectivity index (χ1n) is 10.6. The number of aromatic nitrogens is 1. The van der Waals surface area contributed by atoms with E-state index in [1.54, 1.807) is 29.5 Å². The highest BCUT2D eigenvalue weighted by Gasteiger charge is 2.41. The van der Waals surface area contributed by atoms with Gasteiger partial charge in [-0.15, -0.1) is 15.7 Å². The Morgan fingerprint density at radius 2 is 1.94 bits per heavy atom. The number of aryl methyl sites for hydroxylation is 1. The Morgan fingerprint density at radius 3 is 2.68 bits per heavy atom. The Kier molecular flexibility index (Phi) is 5.31. The van der Waals surface area contributed by atoms with Gasteiger partial charge in [-0.05, 0) is 31.9 Å². The van der Waals surface area contributed by atoms with Crippen molar-refractivity contribution in [3.63, 3.8) is 0 Å². The molecule has 0 unspecified atom stereocenters. The zero-order chi connectivity index (χ0) is 21.6. The molecule has 1 amide bonds. The fraction of sp³-hybridized carbons (Fsp3) is 0.476. The van der Waals surface area contributed by atoms with Crippen LogP contribution in [0.4, 0.5) is 0 Å². The van der Waals surface area contributed by atoms with Crippen molar-refractivity contribution in [2.45, 2.75) is 37.2 Å². The second-order valence-electron chi connectivity index (χ2n) is 8.20. The minimum atomic E-state index is -3.69. The lowest BCUT2D eigenvalue weighted by molar-refractivity contribution is -0.136. The Balaban J connectivity index is 1.27. The molecular formula is C21H25N5O3S2. The number of likely N-dealkylation sites (tertiary alicyclic amines) is 1. The van der Waals surface area contributed by atoms with Crippen LogP contribution in [0.3, 0.4) is 0 Å². The van der Waals surface area contributed by atoms with Gasteiger partial charge in [0, 0.05) is 50.2 Å². The van der Waals surface area contributed by atoms with Crippen molar-refractivity contribution >= 4 is 33.1 Å². The van der Waals surface area contributed by atoms with Gasteiger partial charge in [-0.1, -0.05) is 12.1 Å². The van der Waals surface area contributed by atoms with Crippen LogP contribution in [0.2, 0.25) is 0 Å². The van der Waals surface area contributed by atoms with E-state index in [1.165, 1.54) is 0 Å². The number of benzene rings is 1. The van der Waals surface area contributed by atoms with Gasteiger partial charge in [-0.2, -0.15) is 8.42 Å². The van der Waals surface area contributed by atoms with Crippen molar-refractivity contribution in [1.82, 2.24) is 19.7 Å². The van der Waals surface area contributed by atoms with Gasteiger partial charge in [0.2, 0.25) is 5.91 Å². The number of hydrogen-bond acceptors (Lipinski definition) is 7. The number of piperazine rings is 1. The Labute approximate surface area is 186 Å². The lowest BCUT2D eigenvalue weighted by Crippen LogP contribution is -2.54. The molecule has 3 aliphatic heterocycles. The molecule has 0 saturated carbocycles. The van der Waals surface area contributed by atoms with Crippen molar-refractivity contribution in [1.29, 1.82) is 0 Å². The smallest absolute Gasteiger partial charge is 0.285 e. The van der Waals surface area contributed by atoms with E-state index in [9.17, 15) is 13.2 Å². The van der Waals surface area contributed by atoms with Gasteiger partial charge in [0.15, 0.2) is 5.84 Å². The average molecular weight is 460 g/mol. The molecule has 10 heteroatoms. The van der Waals surface area contributed by atoms with E-state index in [4.69, 9.17) is 0 Å². The predicted molar refractivity (Wildman–Crippen MR) is 119 cm³/mol. The quantitative estimate of drug-likeness (QED) is 0.695. The molecule has 164 valence electrons. The normalized spacial score (nSPS) is 23.1. The summed E-state index contributed by atoms with van der Waals surface area (Å²) >= 11 is 1.66. The topological polar surface area (TPSA) is 86.2 Å². The minimum absolute atomic E-state index is 0.0751. The fourth-order valence-electron chi connectivity index (χ4n) is 4.62. The molecule has 1 atom stereocenters. The van der Waals surface area contributed by atoms with Gasteiger partial charge >= 0.3 is 0 Å². The third-order valence-electron chi connectivity index (χ3n) is 6.16. The largest absolute Gasteiger partial charge is 0.343 e. The summed E-state index contributed by atoms with van der Waals surface area (Å²) in [5, 5.41) is 3.17. The summed E-state index contributed by atoms with van der Waals surface area (Å²) in [5.41, 5.74) is 1.69. The van der Waals surface area contributed by atoms with E-state index in [0.717, 1.165) is 43.2 Å². The van der Waals surface area contributed by atoms with E-state index in [-0.39, 0.29) is 16.8 Å². The highest BCUT2D eigenvalue weighted by molar-refractivity contribution is 7.90. The van der Waals surface area contributed by atoms with Gasteiger partial charge in [0.05, 0.1) is 10.7 Å². The van der Waals surface area contributed by atoms with Crippen LogP contribution in [0.5, 0.6) is 0 Å². The van der Waals surface area contributed by atoms with Gasteiger partial charge in [-0.3, -0.25) is 9.69 Å². The number of sulfonamides is 1. The van der Waals surface area contributed by atoms with Gasteiger partial charge < -0.3 is 9.80 Å². The summed E-state index contributed by atoms with van der Waals surface area (Å²) in [6, 6.07) is 6.51. The number of carbonyl (C=O) groups excluding carboxylic acids is 1. The zero-order valence-corrected chi connectivity index (χ0v) is 19.0. The second kappa shape index (κ2) is 7.99. The minimum Gasteiger partial charge on any atom is -0.343 e. The van der Waals surface area contributed by atoms with Crippen LogP contribution < -0.4 is 0 Å². The summed E-state index contributed by atoms with van der Waals surface area (Å²) in [5.74, 6) is 0.495. The first-order valence-corrected chi connectivity index (χ1v) is 12.9. The van der Waals surface area contributed by atoms with Crippen molar-refractivity contribution in [3.8, 4) is 0 Å². The van der Waals surface area contributed by atoms with Crippen molar-refractivity contribution in [2.24, 2.45) is 4.40 Å². The number of hydrogen-bond donors (Lipinski definition) is 0. The van der Waals surface area contributed by atoms with Crippen LogP contribution in [-0.4, -0.2) is 78.6 Å². The summed E-state index contributed by atoms with van der Waals surface area (Å²) in [7, 11) is -3.69. The van der Waals surface area contributed by atoms with Crippen molar-refractivity contribution in [3.05, 3.63) is 45.9 Å². The van der Waals surface area contributed by atoms with Gasteiger partial charge in [-0.25, -0.2) is 4.98 Å². The van der Waals surface area contributed by atoms with E-state index >= 15 is 0 Å². The SMILES string of the molecule is Cc1nc(CN2CCN(C(=O)[C@@H]3CCCN3C3=NS(=O)(=O)c4ccccc43)CC2)cs1. The van der Waals surface area contributed by atoms with Crippen LogP contribution >= 0.6 is 11.3 Å². The molecule has 0 N–H and O–H groups in total. The molecule has 8 nitrogen and oxygen atoms in total. The second-order valence-corrected chi connectivity index (χ2v) is 10.8. The molecule has 2 saturated heterocycles. The molecule has 0 radical (unpaired) electrons. The molecule has 0 spiro atoms. The number of nitrogens with zero attached hydrogens (tertiary/aromatic N) is 5. The molecule has 0 bridgehead atoms. The molecule has 0 aliphatic carbocycles. The lowest BCUT2D eigenvalue weighted by atomic mass is 10.1. The van der Waals surface area contributed by atoms with E-state index in [0.29, 0.717) is 31.0 Å². The molecule has 3 aliphatic rings. The predicted octanol–water partition coefficient (Wildman–Crippen LogP) is 1.71. The molecule has 31 heavy (non-hydrogen) atoms. The van der Waals surface area contributed by atoms with E-state index in [1.807, 2.05) is 22.8 Å². The van der Waals surface area contributed by atoms with E-state index < -0.39 is 10.0 Å². The zero-order valence-electron chi connectivity index (χ0n) is 17.4. The van der Waals surface area contributed by atoms with Crippen LogP contribution in [0.1, 0.15) is 29.1 Å². The summed E-state index contributed by atoms with van der Waals surface area (Å²) in [6.07, 6.45) is 1.57. The molecule has 1 aromatic heterocycles. The van der Waals surface area contributed by atoms with Gasteiger partial charge in [0.1, 0.15) is 10.9 Å². The van der Waals surface area contributed by atoms with E-state index in [2.05, 4.69) is 19.7 Å². The first kappa shape index (κ1) is 20.6. The number of amides is 1. The monoisotopic (exact) mass is 459 g/mol. The number of fused-ring (bicyclic) bond motifs is 1. The Bertz CT molecular complexity index is 1140. The molecule has 1 aromatic carbocycles. The number of carbonyl (C=O) groups is 1. The standard InChI is InChI=1S/C21H25N5O3S2/c1-15-22-16(14-30-15)13-24-9-11-25(12-10-24)21(27)18-6-4-8-26(18)20-17-5-2-3-7-19(17)31(28,29)23-20/h2-3,5,7,14,18H,4,6,8-13H2,1H3/t18-/m0/s1. The summed E-state index contributed by atoms with van der Waals surface area (Å²) in [6.45, 7) is 6.44. The maximum atomic E-state index is 13.4. The molecule has 2 aromatic rings. The van der Waals surface area contributed by atoms with Crippen LogP contribution in [0.15, 0.2) is 38.9 Å². The van der Waals surface area contributed by atoms with Crippen LogP contribution in [0, 0.1) is 6.92 Å². The maximum Gasteiger partial charge on any atom is 0.285 e. The Morgan fingerprint density at radius 1 is 1.16 bits per heavy atom. The highest BCUT2D eigenvalue weighted by atomic mass is 32.2. The maximum absolute atomic E-state index is 13.4. The van der Waals surface area contributed by atoms with Crippen molar-refractivity contribution in [2.75, 3.05) is 32.7 Å². The molecular weight excluding hydrogens is 434 g/mol. The molecule has 2 fully saturated rings. The van der Waals surface area contributed by atoms with Crippen LogP contribution in [0.25, 0.3) is 0 Å². The molecule has 5 rings (SSSR count). The third-order valence-corrected chi connectivity index (χ3v) is 8.31. The lowest BCUT2D eigenvalue weighted by Gasteiger charge is -2.37. The number of rotatable bonds is 3. The van der Waals surface area contributed by atoms with Gasteiger partial charge in [0.25, 0.3) is 10.0 Å². The highest BCUT2D eigenvalue weighted by Crippen LogP contribution is 2.31. The number of amidine groups is 1. The Hall–Kier alpha value is -2.30. The number of thiazole rings is 1. The van der Waals surface area contributed by atoms with Crippen LogP contribution in [-0.2, 0) is 21.4 Å². The first-order chi connectivity index (χ1) is 14.9. The fourth-order valence-corrected chi connectivity index (χ4v) is 6.44. The summed E-state index contributed by atoms with van der Waals surface area (Å²) < 4.78 is 29.0. The summed E-state index contributed by atoms with van der Waals surface area (Å²) in [4.78, 5) is 24.3.